The van der Waals surface area contributed by atoms with Gasteiger partial charge in [-0.15, -0.1) is 0 Å². The van der Waals surface area contributed by atoms with Crippen molar-refractivity contribution in [2.75, 3.05) is 20.8 Å². The first kappa shape index (κ1) is 12.3. The molecule has 1 aliphatic heterocycles. The average Bonchev–Trinajstić information content (AvgIpc) is 2.99. The van der Waals surface area contributed by atoms with Crippen molar-refractivity contribution in [3.05, 3.63) is 35.9 Å². The van der Waals surface area contributed by atoms with Crippen molar-refractivity contribution < 1.29 is 9.47 Å². The predicted octanol–water partition coefficient (Wildman–Crippen LogP) is 3.28. The van der Waals surface area contributed by atoms with E-state index in [4.69, 9.17) is 9.47 Å². The predicted molar refractivity (Wildman–Crippen MR) is 77.0 cm³/mol. The van der Waals surface area contributed by atoms with Crippen molar-refractivity contribution in [2.45, 2.75) is 18.9 Å². The number of ether oxygens (including phenoxy) is 2. The molecular formula is C16H19NO2. The maximum absolute atomic E-state index is 5.67. The lowest BCUT2D eigenvalue weighted by Crippen LogP contribution is -2.14. The minimum atomic E-state index is 0.369. The molecule has 0 aromatic heterocycles. The summed E-state index contributed by atoms with van der Waals surface area (Å²) in [4.78, 5) is 0. The van der Waals surface area contributed by atoms with Crippen LogP contribution in [0.3, 0.4) is 0 Å². The summed E-state index contributed by atoms with van der Waals surface area (Å²) in [5.74, 6) is 1.89. The van der Waals surface area contributed by atoms with Crippen LogP contribution in [0.1, 0.15) is 24.4 Å². The van der Waals surface area contributed by atoms with E-state index in [1.54, 1.807) is 14.2 Å². The molecule has 1 unspecified atom stereocenters. The van der Waals surface area contributed by atoms with Crippen LogP contribution in [0.5, 0.6) is 11.5 Å². The second-order valence-electron chi connectivity index (χ2n) is 4.90. The fraction of sp³-hybridized carbons (Fsp3) is 0.375. The molecule has 0 amide bonds. The molecule has 2 aromatic rings. The lowest BCUT2D eigenvalue weighted by atomic mass is 9.98. The standard InChI is InChI=1S/C16H19NO2/c1-18-15-10-13(14-8-5-9-17-14)16(19-2)12-7-4-3-6-11(12)15/h3-4,6-7,10,14,17H,5,8-9H2,1-2H3. The third kappa shape index (κ3) is 2.04. The largest absolute Gasteiger partial charge is 0.496 e. The van der Waals surface area contributed by atoms with Crippen molar-refractivity contribution >= 4 is 10.8 Å². The topological polar surface area (TPSA) is 30.5 Å². The van der Waals surface area contributed by atoms with Crippen LogP contribution < -0.4 is 14.8 Å². The maximum Gasteiger partial charge on any atom is 0.131 e. The van der Waals surface area contributed by atoms with Crippen LogP contribution in [0, 0.1) is 0 Å². The van der Waals surface area contributed by atoms with E-state index in [1.807, 2.05) is 12.1 Å². The van der Waals surface area contributed by atoms with E-state index in [1.165, 1.54) is 12.0 Å². The third-order valence-electron chi connectivity index (χ3n) is 3.85. The fourth-order valence-corrected chi connectivity index (χ4v) is 2.94. The number of hydrogen-bond acceptors (Lipinski definition) is 3. The molecule has 1 saturated heterocycles. The normalized spacial score (nSPS) is 18.7. The highest BCUT2D eigenvalue weighted by Crippen LogP contribution is 2.41. The second-order valence-corrected chi connectivity index (χ2v) is 4.90. The third-order valence-corrected chi connectivity index (χ3v) is 3.85. The maximum atomic E-state index is 5.67. The van der Waals surface area contributed by atoms with Crippen molar-refractivity contribution in [3.8, 4) is 11.5 Å². The molecule has 100 valence electrons. The number of benzene rings is 2. The molecule has 0 saturated carbocycles. The van der Waals surface area contributed by atoms with E-state index in [2.05, 4.69) is 23.5 Å². The zero-order valence-corrected chi connectivity index (χ0v) is 11.4. The Labute approximate surface area is 113 Å². The summed E-state index contributed by atoms with van der Waals surface area (Å²) in [7, 11) is 3.47. The van der Waals surface area contributed by atoms with Gasteiger partial charge in [-0.2, -0.15) is 0 Å². The molecule has 1 fully saturated rings. The molecule has 1 aliphatic rings. The van der Waals surface area contributed by atoms with Crippen LogP contribution in [0.15, 0.2) is 30.3 Å². The van der Waals surface area contributed by atoms with Gasteiger partial charge < -0.3 is 14.8 Å². The second kappa shape index (κ2) is 5.10. The fourth-order valence-electron chi connectivity index (χ4n) is 2.94. The van der Waals surface area contributed by atoms with Gasteiger partial charge in [0.25, 0.3) is 0 Å². The molecule has 0 spiro atoms. The van der Waals surface area contributed by atoms with Crippen LogP contribution in [0.4, 0.5) is 0 Å². The van der Waals surface area contributed by atoms with Crippen LogP contribution in [-0.2, 0) is 0 Å². The number of hydrogen-bond donors (Lipinski definition) is 1. The van der Waals surface area contributed by atoms with Gasteiger partial charge in [-0.25, -0.2) is 0 Å². The Balaban J connectivity index is 2.25. The van der Waals surface area contributed by atoms with Gasteiger partial charge >= 0.3 is 0 Å². The first-order valence-corrected chi connectivity index (χ1v) is 6.72. The molecule has 0 aliphatic carbocycles. The monoisotopic (exact) mass is 257 g/mol. The number of fused-ring (bicyclic) bond motifs is 1. The van der Waals surface area contributed by atoms with Crippen molar-refractivity contribution in [1.29, 1.82) is 0 Å². The molecule has 1 atom stereocenters. The molecule has 3 heteroatoms. The van der Waals surface area contributed by atoms with E-state index < -0.39 is 0 Å². The van der Waals surface area contributed by atoms with Crippen molar-refractivity contribution in [3.63, 3.8) is 0 Å². The van der Waals surface area contributed by atoms with Gasteiger partial charge in [0, 0.05) is 22.4 Å². The van der Waals surface area contributed by atoms with E-state index in [0.29, 0.717) is 6.04 Å². The van der Waals surface area contributed by atoms with Crippen molar-refractivity contribution in [2.24, 2.45) is 0 Å². The van der Waals surface area contributed by atoms with E-state index in [9.17, 15) is 0 Å². The number of rotatable bonds is 3. The summed E-state index contributed by atoms with van der Waals surface area (Å²) in [5, 5.41) is 5.75. The minimum absolute atomic E-state index is 0.369. The van der Waals surface area contributed by atoms with Crippen LogP contribution in [-0.4, -0.2) is 20.8 Å². The van der Waals surface area contributed by atoms with Gasteiger partial charge in [-0.1, -0.05) is 24.3 Å². The van der Waals surface area contributed by atoms with Crippen LogP contribution in [0.25, 0.3) is 10.8 Å². The first-order chi connectivity index (χ1) is 9.35. The van der Waals surface area contributed by atoms with Gasteiger partial charge in [0.15, 0.2) is 0 Å². The summed E-state index contributed by atoms with van der Waals surface area (Å²) >= 11 is 0. The van der Waals surface area contributed by atoms with Gasteiger partial charge in [0.1, 0.15) is 11.5 Å². The molecule has 3 nitrogen and oxygen atoms in total. The smallest absolute Gasteiger partial charge is 0.131 e. The van der Waals surface area contributed by atoms with Gasteiger partial charge in [0.05, 0.1) is 14.2 Å². The zero-order chi connectivity index (χ0) is 13.2. The van der Waals surface area contributed by atoms with Crippen molar-refractivity contribution in [1.82, 2.24) is 5.32 Å². The Morgan fingerprint density at radius 2 is 1.89 bits per heavy atom. The molecule has 0 radical (unpaired) electrons. The molecule has 1 N–H and O–H groups in total. The Bertz CT molecular complexity index is 589. The van der Waals surface area contributed by atoms with E-state index in [0.717, 1.165) is 35.2 Å². The van der Waals surface area contributed by atoms with Crippen LogP contribution in [0.2, 0.25) is 0 Å². The summed E-state index contributed by atoms with van der Waals surface area (Å²) < 4.78 is 11.2. The first-order valence-electron chi connectivity index (χ1n) is 6.72. The summed E-state index contributed by atoms with van der Waals surface area (Å²) in [5.41, 5.74) is 1.20. The molecule has 19 heavy (non-hydrogen) atoms. The summed E-state index contributed by atoms with van der Waals surface area (Å²) in [6.45, 7) is 1.07. The molecule has 3 rings (SSSR count). The summed E-state index contributed by atoms with van der Waals surface area (Å²) in [6.07, 6.45) is 2.36. The lowest BCUT2D eigenvalue weighted by Gasteiger charge is -2.19. The van der Waals surface area contributed by atoms with Crippen LogP contribution >= 0.6 is 0 Å². The van der Waals surface area contributed by atoms with Gasteiger partial charge in [-0.05, 0) is 25.5 Å². The molecule has 1 heterocycles. The van der Waals surface area contributed by atoms with E-state index in [-0.39, 0.29) is 0 Å². The highest BCUT2D eigenvalue weighted by atomic mass is 16.5. The quantitative estimate of drug-likeness (QED) is 0.915. The molecule has 2 aromatic carbocycles. The molecular weight excluding hydrogens is 238 g/mol. The number of methoxy groups -OCH3 is 2. The minimum Gasteiger partial charge on any atom is -0.496 e. The van der Waals surface area contributed by atoms with Gasteiger partial charge in [-0.3, -0.25) is 0 Å². The Hall–Kier alpha value is -1.74. The summed E-state index contributed by atoms with van der Waals surface area (Å²) in [6, 6.07) is 10.7. The SMILES string of the molecule is COc1cc(C2CCCN2)c(OC)c2ccccc12. The number of nitrogens with one attached hydrogen (secondary N) is 1. The highest BCUT2D eigenvalue weighted by Gasteiger charge is 2.23. The van der Waals surface area contributed by atoms with E-state index >= 15 is 0 Å². The average molecular weight is 257 g/mol. The van der Waals surface area contributed by atoms with Gasteiger partial charge in [0.2, 0.25) is 0 Å². The zero-order valence-electron chi connectivity index (χ0n) is 11.4. The highest BCUT2D eigenvalue weighted by molar-refractivity contribution is 5.94. The Kier molecular flexibility index (Phi) is 3.30. The Morgan fingerprint density at radius 1 is 1.11 bits per heavy atom. The lowest BCUT2D eigenvalue weighted by molar-refractivity contribution is 0.400. The molecule has 0 bridgehead atoms. The Morgan fingerprint density at radius 3 is 2.53 bits per heavy atom.